The molecule has 0 heterocycles. The highest BCUT2D eigenvalue weighted by Gasteiger charge is 2.11. The molecule has 4 heteroatoms. The molecule has 0 spiro atoms. The van der Waals surface area contributed by atoms with E-state index >= 15 is 0 Å². The topological polar surface area (TPSA) is 35.2 Å². The maximum atomic E-state index is 6.27. The number of ether oxygens (including phenoxy) is 1. The first-order chi connectivity index (χ1) is 9.11. The highest BCUT2D eigenvalue weighted by Crippen LogP contribution is 2.29. The maximum absolute atomic E-state index is 6.27. The van der Waals surface area contributed by atoms with Crippen molar-refractivity contribution in [3.05, 3.63) is 63.1 Å². The third kappa shape index (κ3) is 3.50. The van der Waals surface area contributed by atoms with Crippen LogP contribution < -0.4 is 10.5 Å². The smallest absolute Gasteiger partial charge is 0.119 e. The minimum absolute atomic E-state index is 0.217. The second kappa shape index (κ2) is 6.42. The van der Waals surface area contributed by atoms with Crippen molar-refractivity contribution in [3.8, 4) is 5.75 Å². The lowest BCUT2D eigenvalue weighted by molar-refractivity contribution is 0.340. The summed E-state index contributed by atoms with van der Waals surface area (Å²) in [5.41, 5.74) is 8.25. The Labute approximate surface area is 126 Å². The van der Waals surface area contributed by atoms with E-state index in [-0.39, 0.29) is 6.04 Å². The summed E-state index contributed by atoms with van der Waals surface area (Å²) in [5.74, 6) is 0.832. The third-order valence-corrected chi connectivity index (χ3v) is 4.06. The SMILES string of the molecule is CCOc1cccc(C(N)c2ccc(Br)c(Cl)c2)c1. The van der Waals surface area contributed by atoms with Crippen molar-refractivity contribution < 1.29 is 4.74 Å². The van der Waals surface area contributed by atoms with Gasteiger partial charge in [-0.2, -0.15) is 0 Å². The largest absolute Gasteiger partial charge is 0.494 e. The van der Waals surface area contributed by atoms with Crippen molar-refractivity contribution >= 4 is 27.5 Å². The summed E-state index contributed by atoms with van der Waals surface area (Å²) >= 11 is 9.47. The predicted octanol–water partition coefficient (Wildman–Crippen LogP) is 4.55. The maximum Gasteiger partial charge on any atom is 0.119 e. The van der Waals surface area contributed by atoms with Crippen LogP contribution in [0.4, 0.5) is 0 Å². The Balaban J connectivity index is 2.29. The molecule has 2 N–H and O–H groups in total. The summed E-state index contributed by atoms with van der Waals surface area (Å²) in [6, 6.07) is 13.4. The quantitative estimate of drug-likeness (QED) is 0.886. The number of nitrogens with two attached hydrogens (primary N) is 1. The van der Waals surface area contributed by atoms with E-state index < -0.39 is 0 Å². The second-order valence-corrected chi connectivity index (χ2v) is 5.42. The molecule has 0 bridgehead atoms. The van der Waals surface area contributed by atoms with Crippen molar-refractivity contribution in [2.24, 2.45) is 5.73 Å². The van der Waals surface area contributed by atoms with E-state index in [1.807, 2.05) is 49.4 Å². The van der Waals surface area contributed by atoms with E-state index in [1.165, 1.54) is 0 Å². The highest BCUT2D eigenvalue weighted by atomic mass is 79.9. The van der Waals surface area contributed by atoms with Crippen LogP contribution in [0, 0.1) is 0 Å². The van der Waals surface area contributed by atoms with E-state index in [0.29, 0.717) is 11.6 Å². The van der Waals surface area contributed by atoms with Gasteiger partial charge in [0, 0.05) is 4.47 Å². The molecule has 0 radical (unpaired) electrons. The van der Waals surface area contributed by atoms with E-state index in [9.17, 15) is 0 Å². The molecule has 1 atom stereocenters. The summed E-state index contributed by atoms with van der Waals surface area (Å²) in [6.45, 7) is 2.60. The van der Waals surface area contributed by atoms with E-state index in [4.69, 9.17) is 22.1 Å². The van der Waals surface area contributed by atoms with Crippen LogP contribution >= 0.6 is 27.5 Å². The second-order valence-electron chi connectivity index (χ2n) is 4.16. The summed E-state index contributed by atoms with van der Waals surface area (Å²) in [4.78, 5) is 0. The van der Waals surface area contributed by atoms with Crippen LogP contribution in [0.5, 0.6) is 5.75 Å². The Morgan fingerprint density at radius 1 is 1.21 bits per heavy atom. The van der Waals surface area contributed by atoms with Gasteiger partial charge in [0.05, 0.1) is 17.7 Å². The average Bonchev–Trinajstić information content (AvgIpc) is 2.42. The van der Waals surface area contributed by atoms with Crippen molar-refractivity contribution in [1.29, 1.82) is 0 Å². The summed E-state index contributed by atoms with van der Waals surface area (Å²) in [6.07, 6.45) is 0. The van der Waals surface area contributed by atoms with Crippen molar-refractivity contribution in [2.75, 3.05) is 6.61 Å². The Morgan fingerprint density at radius 3 is 2.63 bits per heavy atom. The van der Waals surface area contributed by atoms with Crippen LogP contribution in [0.1, 0.15) is 24.1 Å². The van der Waals surface area contributed by atoms with Crippen molar-refractivity contribution in [3.63, 3.8) is 0 Å². The summed E-state index contributed by atoms with van der Waals surface area (Å²) in [7, 11) is 0. The van der Waals surface area contributed by atoms with Gasteiger partial charge in [-0.3, -0.25) is 0 Å². The van der Waals surface area contributed by atoms with Gasteiger partial charge in [0.15, 0.2) is 0 Å². The molecule has 19 heavy (non-hydrogen) atoms. The fraction of sp³-hybridized carbons (Fsp3) is 0.200. The zero-order chi connectivity index (χ0) is 13.8. The minimum Gasteiger partial charge on any atom is -0.494 e. The Kier molecular flexibility index (Phi) is 4.86. The first-order valence-corrected chi connectivity index (χ1v) is 7.22. The molecule has 2 rings (SSSR count). The lowest BCUT2D eigenvalue weighted by Gasteiger charge is -2.14. The molecule has 0 saturated carbocycles. The van der Waals surface area contributed by atoms with Crippen LogP contribution in [0.25, 0.3) is 0 Å². The fourth-order valence-electron chi connectivity index (χ4n) is 1.86. The fourth-order valence-corrected chi connectivity index (χ4v) is 2.30. The zero-order valence-corrected chi connectivity index (χ0v) is 12.9. The van der Waals surface area contributed by atoms with Crippen molar-refractivity contribution in [1.82, 2.24) is 0 Å². The van der Waals surface area contributed by atoms with Gasteiger partial charge in [-0.1, -0.05) is 29.8 Å². The number of hydrogen-bond acceptors (Lipinski definition) is 2. The molecule has 1 unspecified atom stereocenters. The zero-order valence-electron chi connectivity index (χ0n) is 10.6. The van der Waals surface area contributed by atoms with Crippen LogP contribution in [0.3, 0.4) is 0 Å². The van der Waals surface area contributed by atoms with Gasteiger partial charge in [-0.25, -0.2) is 0 Å². The van der Waals surface area contributed by atoms with Gasteiger partial charge in [0.25, 0.3) is 0 Å². The van der Waals surface area contributed by atoms with Crippen LogP contribution in [-0.2, 0) is 0 Å². The lowest BCUT2D eigenvalue weighted by Crippen LogP contribution is -2.12. The Hall–Kier alpha value is -1.03. The number of hydrogen-bond donors (Lipinski definition) is 1. The highest BCUT2D eigenvalue weighted by molar-refractivity contribution is 9.10. The predicted molar refractivity (Wildman–Crippen MR) is 82.8 cm³/mol. The molecule has 100 valence electrons. The van der Waals surface area contributed by atoms with Gasteiger partial charge >= 0.3 is 0 Å². The third-order valence-electron chi connectivity index (χ3n) is 2.83. The molecule has 2 aromatic rings. The van der Waals surface area contributed by atoms with Crippen LogP contribution in [0.15, 0.2) is 46.9 Å². The molecule has 0 saturated heterocycles. The standard InChI is InChI=1S/C15H15BrClNO/c1-2-19-12-5-3-4-10(8-12)15(18)11-6-7-13(16)14(17)9-11/h3-9,15H,2,18H2,1H3. The molecule has 0 fully saturated rings. The molecule has 2 nitrogen and oxygen atoms in total. The van der Waals surface area contributed by atoms with Gasteiger partial charge in [-0.15, -0.1) is 0 Å². The monoisotopic (exact) mass is 339 g/mol. The van der Waals surface area contributed by atoms with E-state index in [2.05, 4.69) is 15.9 Å². The molecule has 0 amide bonds. The molecular formula is C15H15BrClNO. The van der Waals surface area contributed by atoms with Crippen molar-refractivity contribution in [2.45, 2.75) is 13.0 Å². The number of benzene rings is 2. The normalized spacial score (nSPS) is 12.2. The summed E-state index contributed by atoms with van der Waals surface area (Å²) < 4.78 is 6.35. The minimum atomic E-state index is -0.217. The van der Waals surface area contributed by atoms with Crippen LogP contribution in [-0.4, -0.2) is 6.61 Å². The molecule has 0 aliphatic heterocycles. The Bertz CT molecular complexity index is 574. The molecule has 2 aromatic carbocycles. The average molecular weight is 341 g/mol. The van der Waals surface area contributed by atoms with Gasteiger partial charge in [-0.05, 0) is 58.2 Å². The van der Waals surface area contributed by atoms with Crippen LogP contribution in [0.2, 0.25) is 5.02 Å². The lowest BCUT2D eigenvalue weighted by atomic mass is 9.99. The summed E-state index contributed by atoms with van der Waals surface area (Å²) in [5, 5.41) is 0.661. The Morgan fingerprint density at radius 2 is 1.95 bits per heavy atom. The number of halogens is 2. The van der Waals surface area contributed by atoms with Gasteiger partial charge in [0.2, 0.25) is 0 Å². The molecule has 0 aromatic heterocycles. The van der Waals surface area contributed by atoms with E-state index in [0.717, 1.165) is 21.3 Å². The molecule has 0 aliphatic carbocycles. The first kappa shape index (κ1) is 14.4. The van der Waals surface area contributed by atoms with E-state index in [1.54, 1.807) is 0 Å². The van der Waals surface area contributed by atoms with Gasteiger partial charge < -0.3 is 10.5 Å². The first-order valence-electron chi connectivity index (χ1n) is 6.05. The molecular weight excluding hydrogens is 326 g/mol. The number of rotatable bonds is 4. The van der Waals surface area contributed by atoms with Gasteiger partial charge in [0.1, 0.15) is 5.75 Å². The molecule has 0 aliphatic rings.